The van der Waals surface area contributed by atoms with Gasteiger partial charge in [-0.2, -0.15) is 0 Å². The van der Waals surface area contributed by atoms with Gasteiger partial charge in [-0.1, -0.05) is 91.0 Å². The van der Waals surface area contributed by atoms with Crippen molar-refractivity contribution in [3.63, 3.8) is 0 Å². The quantitative estimate of drug-likeness (QED) is 0.607. The molecule has 1 aliphatic heterocycles. The van der Waals surface area contributed by atoms with Crippen molar-refractivity contribution in [2.45, 2.75) is 19.1 Å². The molecule has 1 unspecified atom stereocenters. The van der Waals surface area contributed by atoms with E-state index in [1.807, 2.05) is 0 Å². The molecule has 2 heteroatoms. The van der Waals surface area contributed by atoms with Crippen molar-refractivity contribution in [2.24, 2.45) is 0 Å². The highest BCUT2D eigenvalue weighted by Gasteiger charge is 2.27. The molecule has 0 amide bonds. The lowest BCUT2D eigenvalue weighted by atomic mass is 10.1. The third-order valence-corrected chi connectivity index (χ3v) is 4.89. The Morgan fingerprint density at radius 1 is 0.577 bits per heavy atom. The van der Waals surface area contributed by atoms with Gasteiger partial charge in [0.05, 0.1) is 0 Å². The minimum atomic E-state index is 0.250. The van der Waals surface area contributed by atoms with Crippen molar-refractivity contribution < 1.29 is 0 Å². The summed E-state index contributed by atoms with van der Waals surface area (Å²) in [6.07, 6.45) is 5.77. The summed E-state index contributed by atoms with van der Waals surface area (Å²) in [5, 5.41) is 0. The predicted octanol–water partition coefficient (Wildman–Crippen LogP) is 5.22. The minimum absolute atomic E-state index is 0.250. The zero-order chi connectivity index (χ0) is 17.6. The van der Waals surface area contributed by atoms with Gasteiger partial charge in [-0.15, -0.1) is 0 Å². The SMILES string of the molecule is C1=CN(Cc2ccccc2)C(c2ccccc2)N1CCc1ccccc1. The first kappa shape index (κ1) is 16.5. The van der Waals surface area contributed by atoms with Gasteiger partial charge in [0.1, 0.15) is 6.17 Å². The number of rotatable bonds is 6. The third-order valence-electron chi connectivity index (χ3n) is 4.89. The van der Waals surface area contributed by atoms with Gasteiger partial charge in [0.15, 0.2) is 0 Å². The summed E-state index contributed by atoms with van der Waals surface area (Å²) in [6, 6.07) is 32.2. The number of nitrogens with zero attached hydrogens (tertiary/aromatic N) is 2. The fourth-order valence-electron chi connectivity index (χ4n) is 3.57. The molecule has 26 heavy (non-hydrogen) atoms. The highest BCUT2D eigenvalue weighted by Crippen LogP contribution is 2.32. The van der Waals surface area contributed by atoms with Crippen molar-refractivity contribution in [1.29, 1.82) is 0 Å². The molecule has 1 atom stereocenters. The number of hydrogen-bond donors (Lipinski definition) is 0. The lowest BCUT2D eigenvalue weighted by Gasteiger charge is -2.33. The molecule has 0 bridgehead atoms. The van der Waals surface area contributed by atoms with E-state index in [4.69, 9.17) is 0 Å². The summed E-state index contributed by atoms with van der Waals surface area (Å²) in [5.74, 6) is 0. The van der Waals surface area contributed by atoms with Gasteiger partial charge < -0.3 is 9.80 Å². The molecule has 4 rings (SSSR count). The van der Waals surface area contributed by atoms with E-state index < -0.39 is 0 Å². The van der Waals surface area contributed by atoms with Crippen LogP contribution in [-0.2, 0) is 13.0 Å². The standard InChI is InChI=1S/C24H24N2/c1-4-10-21(11-5-1)16-17-25-18-19-26(20-22-12-6-2-7-13-22)24(25)23-14-8-3-9-15-23/h1-15,18-19,24H,16-17,20H2. The average Bonchev–Trinajstić information content (AvgIpc) is 3.11. The molecule has 0 radical (unpaired) electrons. The molecule has 0 saturated heterocycles. The molecular weight excluding hydrogens is 316 g/mol. The molecule has 1 heterocycles. The molecular formula is C24H24N2. The number of benzene rings is 3. The zero-order valence-corrected chi connectivity index (χ0v) is 14.9. The van der Waals surface area contributed by atoms with Crippen molar-refractivity contribution in [1.82, 2.24) is 9.80 Å². The summed E-state index contributed by atoms with van der Waals surface area (Å²) in [7, 11) is 0. The van der Waals surface area contributed by atoms with Crippen LogP contribution >= 0.6 is 0 Å². The van der Waals surface area contributed by atoms with Gasteiger partial charge in [0, 0.05) is 25.5 Å². The average molecular weight is 340 g/mol. The summed E-state index contributed by atoms with van der Waals surface area (Å²) in [4.78, 5) is 4.88. The van der Waals surface area contributed by atoms with Crippen molar-refractivity contribution in [2.75, 3.05) is 6.54 Å². The smallest absolute Gasteiger partial charge is 0.127 e. The highest BCUT2D eigenvalue weighted by molar-refractivity contribution is 5.24. The second-order valence-corrected chi connectivity index (χ2v) is 6.71. The topological polar surface area (TPSA) is 6.48 Å². The number of hydrogen-bond acceptors (Lipinski definition) is 2. The fourth-order valence-corrected chi connectivity index (χ4v) is 3.57. The maximum absolute atomic E-state index is 2.45. The molecule has 0 saturated carbocycles. The summed E-state index contributed by atoms with van der Waals surface area (Å²) < 4.78 is 0. The van der Waals surface area contributed by atoms with Crippen LogP contribution in [0.5, 0.6) is 0 Å². The molecule has 0 aromatic heterocycles. The lowest BCUT2D eigenvalue weighted by molar-refractivity contribution is 0.149. The van der Waals surface area contributed by atoms with Gasteiger partial charge in [0.25, 0.3) is 0 Å². The molecule has 0 fully saturated rings. The fraction of sp³-hybridized carbons (Fsp3) is 0.167. The summed E-state index contributed by atoms with van der Waals surface area (Å²) in [5.41, 5.74) is 4.05. The Bertz CT molecular complexity index is 828. The molecule has 0 spiro atoms. The van der Waals surface area contributed by atoms with Crippen LogP contribution in [0.4, 0.5) is 0 Å². The van der Waals surface area contributed by atoms with Gasteiger partial charge in [-0.05, 0) is 23.1 Å². The van der Waals surface area contributed by atoms with E-state index in [1.165, 1.54) is 16.7 Å². The maximum atomic E-state index is 2.45. The predicted molar refractivity (Wildman–Crippen MR) is 107 cm³/mol. The van der Waals surface area contributed by atoms with Crippen molar-refractivity contribution in [3.8, 4) is 0 Å². The lowest BCUT2D eigenvalue weighted by Crippen LogP contribution is -2.31. The van der Waals surface area contributed by atoms with Crippen LogP contribution in [-0.4, -0.2) is 16.3 Å². The largest absolute Gasteiger partial charge is 0.352 e. The molecule has 2 nitrogen and oxygen atoms in total. The first-order valence-electron chi connectivity index (χ1n) is 9.23. The normalized spacial score (nSPS) is 16.2. The van der Waals surface area contributed by atoms with E-state index in [9.17, 15) is 0 Å². The van der Waals surface area contributed by atoms with Crippen LogP contribution in [0.1, 0.15) is 22.9 Å². The van der Waals surface area contributed by atoms with Crippen LogP contribution in [0.2, 0.25) is 0 Å². The molecule has 3 aromatic carbocycles. The van der Waals surface area contributed by atoms with Crippen LogP contribution in [0, 0.1) is 0 Å². The van der Waals surface area contributed by atoms with Crippen LogP contribution in [0.25, 0.3) is 0 Å². The Labute approximate surface area is 156 Å². The monoisotopic (exact) mass is 340 g/mol. The highest BCUT2D eigenvalue weighted by atomic mass is 15.4. The summed E-state index contributed by atoms with van der Waals surface area (Å²) in [6.45, 7) is 1.92. The van der Waals surface area contributed by atoms with Crippen molar-refractivity contribution in [3.05, 3.63) is 120 Å². The Balaban J connectivity index is 1.53. The Morgan fingerprint density at radius 3 is 1.77 bits per heavy atom. The molecule has 130 valence electrons. The molecule has 1 aliphatic rings. The first-order valence-corrected chi connectivity index (χ1v) is 9.23. The van der Waals surface area contributed by atoms with E-state index >= 15 is 0 Å². The van der Waals surface area contributed by atoms with Crippen LogP contribution in [0.3, 0.4) is 0 Å². The van der Waals surface area contributed by atoms with Gasteiger partial charge in [-0.3, -0.25) is 0 Å². The molecule has 0 aliphatic carbocycles. The van der Waals surface area contributed by atoms with E-state index in [0.717, 1.165) is 19.5 Å². The maximum Gasteiger partial charge on any atom is 0.127 e. The first-order chi connectivity index (χ1) is 12.9. The van der Waals surface area contributed by atoms with E-state index in [1.54, 1.807) is 0 Å². The van der Waals surface area contributed by atoms with Gasteiger partial charge in [-0.25, -0.2) is 0 Å². The van der Waals surface area contributed by atoms with Crippen LogP contribution in [0.15, 0.2) is 103 Å². The van der Waals surface area contributed by atoms with Gasteiger partial charge >= 0.3 is 0 Å². The summed E-state index contributed by atoms with van der Waals surface area (Å²) >= 11 is 0. The van der Waals surface area contributed by atoms with E-state index in [-0.39, 0.29) is 6.17 Å². The molecule has 0 N–H and O–H groups in total. The van der Waals surface area contributed by atoms with E-state index in [0.29, 0.717) is 0 Å². The Morgan fingerprint density at radius 2 is 1.12 bits per heavy atom. The minimum Gasteiger partial charge on any atom is -0.352 e. The van der Waals surface area contributed by atoms with Crippen LogP contribution < -0.4 is 0 Å². The van der Waals surface area contributed by atoms with Crippen molar-refractivity contribution >= 4 is 0 Å². The Hall–Kier alpha value is -3.00. The Kier molecular flexibility index (Phi) is 5.02. The van der Waals surface area contributed by atoms with E-state index in [2.05, 4.69) is 113 Å². The zero-order valence-electron chi connectivity index (χ0n) is 14.9. The van der Waals surface area contributed by atoms with Gasteiger partial charge in [0.2, 0.25) is 0 Å². The molecule has 3 aromatic rings. The third kappa shape index (κ3) is 3.80. The second-order valence-electron chi connectivity index (χ2n) is 6.71. The second kappa shape index (κ2) is 7.92.